The summed E-state index contributed by atoms with van der Waals surface area (Å²) < 4.78 is 1.26. The number of H-pyrrole nitrogens is 1. The molecule has 10 heteroatoms. The van der Waals surface area contributed by atoms with Crippen molar-refractivity contribution < 1.29 is 4.79 Å². The van der Waals surface area contributed by atoms with Crippen LogP contribution in [0.25, 0.3) is 28.2 Å². The van der Waals surface area contributed by atoms with E-state index in [2.05, 4.69) is 15.0 Å². The fourth-order valence-electron chi connectivity index (χ4n) is 2.79. The van der Waals surface area contributed by atoms with Crippen molar-refractivity contribution in [3.63, 3.8) is 0 Å². The first-order valence-electron chi connectivity index (χ1n) is 7.89. The Morgan fingerprint density at radius 2 is 1.75 bits per heavy atom. The Bertz CT molecular complexity index is 1310. The molecule has 0 aliphatic carbocycles. The first-order valence-corrected chi connectivity index (χ1v) is 9.03. The summed E-state index contributed by atoms with van der Waals surface area (Å²) in [4.78, 5) is 35.8. The molecule has 0 saturated carbocycles. The number of amides is 1. The van der Waals surface area contributed by atoms with Crippen LogP contribution in [0.3, 0.4) is 0 Å². The molecule has 0 spiro atoms. The number of carbonyl (C=O) groups excluding carboxylic acids is 1. The van der Waals surface area contributed by atoms with E-state index >= 15 is 0 Å². The molecular formula is C18H10Cl3N5O2. The summed E-state index contributed by atoms with van der Waals surface area (Å²) in [6.45, 7) is 0. The molecule has 3 N–H and O–H groups in total. The lowest BCUT2D eigenvalue weighted by Gasteiger charge is -2.08. The minimum absolute atomic E-state index is 0.111. The molecule has 28 heavy (non-hydrogen) atoms. The summed E-state index contributed by atoms with van der Waals surface area (Å²) in [5.41, 5.74) is 5.97. The molecule has 1 amide bonds. The highest BCUT2D eigenvalue weighted by molar-refractivity contribution is 6.42. The molecule has 2 heterocycles. The third kappa shape index (κ3) is 3.03. The summed E-state index contributed by atoms with van der Waals surface area (Å²) in [5.74, 6) is -0.664. The van der Waals surface area contributed by atoms with Crippen LogP contribution < -0.4 is 11.4 Å². The maximum absolute atomic E-state index is 12.6. The molecule has 2 aromatic carbocycles. The van der Waals surface area contributed by atoms with Crippen molar-refractivity contribution in [2.24, 2.45) is 5.73 Å². The molecule has 0 aliphatic rings. The fourth-order valence-corrected chi connectivity index (χ4v) is 3.30. The van der Waals surface area contributed by atoms with Crippen molar-refractivity contribution in [2.75, 3.05) is 0 Å². The van der Waals surface area contributed by atoms with Crippen LogP contribution in [-0.2, 0) is 0 Å². The van der Waals surface area contributed by atoms with E-state index in [0.29, 0.717) is 21.3 Å². The summed E-state index contributed by atoms with van der Waals surface area (Å²) in [5, 5.41) is 0.981. The van der Waals surface area contributed by atoms with E-state index in [9.17, 15) is 9.59 Å². The zero-order chi connectivity index (χ0) is 20.0. The number of fused-ring (bicyclic) bond motifs is 1. The maximum Gasteiger partial charge on any atom is 0.332 e. The Labute approximate surface area is 172 Å². The van der Waals surface area contributed by atoms with Gasteiger partial charge in [-0.1, -0.05) is 46.9 Å². The van der Waals surface area contributed by atoms with Crippen molar-refractivity contribution in [1.29, 1.82) is 0 Å². The average molecular weight is 435 g/mol. The predicted octanol–water partition coefficient (Wildman–Crippen LogP) is 3.83. The topological polar surface area (TPSA) is 107 Å². The summed E-state index contributed by atoms with van der Waals surface area (Å²) in [6, 6.07) is 11.5. The number of aromatic amines is 1. The quantitative estimate of drug-likeness (QED) is 0.511. The fraction of sp³-hybridized carbons (Fsp3) is 0. The number of hydrogen-bond acceptors (Lipinski definition) is 4. The summed E-state index contributed by atoms with van der Waals surface area (Å²) >= 11 is 18.3. The Morgan fingerprint density at radius 1 is 1.00 bits per heavy atom. The lowest BCUT2D eigenvalue weighted by atomic mass is 10.2. The van der Waals surface area contributed by atoms with Crippen LogP contribution in [0.1, 0.15) is 10.5 Å². The van der Waals surface area contributed by atoms with Gasteiger partial charge < -0.3 is 10.7 Å². The van der Waals surface area contributed by atoms with E-state index < -0.39 is 11.6 Å². The third-order valence-electron chi connectivity index (χ3n) is 4.05. The molecule has 4 aromatic rings. The van der Waals surface area contributed by atoms with Crippen LogP contribution in [0.4, 0.5) is 0 Å². The predicted molar refractivity (Wildman–Crippen MR) is 108 cm³/mol. The minimum atomic E-state index is -0.816. The summed E-state index contributed by atoms with van der Waals surface area (Å²) in [7, 11) is 0. The smallest absolute Gasteiger partial charge is 0.332 e. The Hall–Kier alpha value is -2.87. The molecule has 4 rings (SSSR count). The van der Waals surface area contributed by atoms with Gasteiger partial charge in [0.15, 0.2) is 17.2 Å². The number of imidazole rings is 1. The van der Waals surface area contributed by atoms with Crippen molar-refractivity contribution in [2.45, 2.75) is 0 Å². The molecular weight excluding hydrogens is 425 g/mol. The molecule has 0 bridgehead atoms. The number of hydrogen-bond donors (Lipinski definition) is 2. The highest BCUT2D eigenvalue weighted by atomic mass is 35.5. The second-order valence-corrected chi connectivity index (χ2v) is 7.02. The van der Waals surface area contributed by atoms with Crippen molar-refractivity contribution in [3.8, 4) is 17.1 Å². The average Bonchev–Trinajstić information content (AvgIpc) is 2.99. The molecule has 2 aromatic heterocycles. The van der Waals surface area contributed by atoms with Crippen LogP contribution in [0.15, 0.2) is 47.3 Å². The molecule has 0 saturated heterocycles. The van der Waals surface area contributed by atoms with E-state index in [-0.39, 0.29) is 27.7 Å². The highest BCUT2D eigenvalue weighted by Crippen LogP contribution is 2.29. The van der Waals surface area contributed by atoms with Gasteiger partial charge in [0.1, 0.15) is 5.52 Å². The van der Waals surface area contributed by atoms with E-state index in [1.807, 2.05) is 0 Å². The van der Waals surface area contributed by atoms with Crippen LogP contribution in [-0.4, -0.2) is 25.4 Å². The number of aromatic nitrogens is 4. The van der Waals surface area contributed by atoms with Gasteiger partial charge in [-0.05, 0) is 30.3 Å². The van der Waals surface area contributed by atoms with Gasteiger partial charge in [-0.25, -0.2) is 19.3 Å². The third-order valence-corrected chi connectivity index (χ3v) is 5.11. The van der Waals surface area contributed by atoms with Crippen LogP contribution in [0.5, 0.6) is 0 Å². The lowest BCUT2D eigenvalue weighted by Crippen LogP contribution is -2.15. The highest BCUT2D eigenvalue weighted by Gasteiger charge is 2.21. The van der Waals surface area contributed by atoms with Crippen molar-refractivity contribution >= 4 is 51.9 Å². The number of halogens is 3. The normalized spacial score (nSPS) is 11.1. The monoisotopic (exact) mass is 433 g/mol. The van der Waals surface area contributed by atoms with Crippen molar-refractivity contribution in [1.82, 2.24) is 19.5 Å². The Balaban J connectivity index is 2.09. The van der Waals surface area contributed by atoms with Crippen LogP contribution in [0.2, 0.25) is 15.1 Å². The van der Waals surface area contributed by atoms with Gasteiger partial charge in [-0.3, -0.25) is 4.79 Å². The number of nitrogens with two attached hydrogens (primary N) is 1. The molecule has 7 nitrogen and oxygen atoms in total. The number of rotatable bonds is 3. The largest absolute Gasteiger partial charge is 0.364 e. The lowest BCUT2D eigenvalue weighted by molar-refractivity contribution is 0.0997. The molecule has 0 fully saturated rings. The molecule has 0 unspecified atom stereocenters. The second-order valence-electron chi connectivity index (χ2n) is 5.80. The molecule has 140 valence electrons. The first kappa shape index (κ1) is 18.5. The zero-order valence-electron chi connectivity index (χ0n) is 13.9. The van der Waals surface area contributed by atoms with E-state index in [1.54, 1.807) is 36.4 Å². The molecule has 0 atom stereocenters. The van der Waals surface area contributed by atoms with E-state index in [1.165, 1.54) is 10.6 Å². The van der Waals surface area contributed by atoms with E-state index in [0.717, 1.165) is 0 Å². The second kappa shape index (κ2) is 6.94. The summed E-state index contributed by atoms with van der Waals surface area (Å²) in [6.07, 6.45) is 0. The van der Waals surface area contributed by atoms with Crippen molar-refractivity contribution in [3.05, 3.63) is 73.7 Å². The minimum Gasteiger partial charge on any atom is -0.364 e. The van der Waals surface area contributed by atoms with Crippen LogP contribution in [0, 0.1) is 0 Å². The van der Waals surface area contributed by atoms with Gasteiger partial charge in [0.05, 0.1) is 20.8 Å². The SMILES string of the molecule is NC(=O)c1nc(-c2ccccc2Cl)nc2c1[nH]c(=O)n2-c1ccc(Cl)c(Cl)c1. The van der Waals surface area contributed by atoms with Gasteiger partial charge in [0.2, 0.25) is 0 Å². The number of benzene rings is 2. The van der Waals surface area contributed by atoms with Gasteiger partial charge in [0, 0.05) is 5.56 Å². The molecule has 0 aliphatic heterocycles. The van der Waals surface area contributed by atoms with Gasteiger partial charge >= 0.3 is 5.69 Å². The zero-order valence-corrected chi connectivity index (χ0v) is 16.2. The maximum atomic E-state index is 12.6. The number of primary amides is 1. The van der Waals surface area contributed by atoms with Crippen LogP contribution >= 0.6 is 34.8 Å². The molecule has 0 radical (unpaired) electrons. The Morgan fingerprint density at radius 3 is 2.43 bits per heavy atom. The Kier molecular flexibility index (Phi) is 4.58. The number of nitrogens with one attached hydrogen (secondary N) is 1. The number of nitrogens with zero attached hydrogens (tertiary/aromatic N) is 3. The van der Waals surface area contributed by atoms with Gasteiger partial charge in [-0.2, -0.15) is 0 Å². The van der Waals surface area contributed by atoms with Gasteiger partial charge in [0.25, 0.3) is 5.91 Å². The van der Waals surface area contributed by atoms with Gasteiger partial charge in [-0.15, -0.1) is 0 Å². The standard InChI is InChI=1S/C18H10Cl3N5O2/c19-10-4-2-1-3-9(10)16-23-13(15(22)27)14-17(25-16)26(18(28)24-14)8-5-6-11(20)12(21)7-8/h1-7H,(H2,22,27)(H,24,28). The van der Waals surface area contributed by atoms with E-state index in [4.69, 9.17) is 40.5 Å². The number of carbonyl (C=O) groups is 1. The first-order chi connectivity index (χ1) is 13.4.